The van der Waals surface area contributed by atoms with Gasteiger partial charge < -0.3 is 5.32 Å². The first-order valence-electron chi connectivity index (χ1n) is 6.89. The lowest BCUT2D eigenvalue weighted by Crippen LogP contribution is -2.14. The molecular weight excluding hydrogens is 328 g/mol. The highest BCUT2D eigenvalue weighted by atomic mass is 79.9. The van der Waals surface area contributed by atoms with E-state index in [1.807, 2.05) is 11.7 Å². The van der Waals surface area contributed by atoms with Gasteiger partial charge in [0.15, 0.2) is 0 Å². The fraction of sp³-hybridized carbons (Fsp3) is 0.250. The molecule has 108 valence electrons. The lowest BCUT2D eigenvalue weighted by Gasteiger charge is -2.09. The molecule has 0 amide bonds. The molecule has 1 aromatic heterocycles. The van der Waals surface area contributed by atoms with Crippen LogP contribution in [0.5, 0.6) is 0 Å². The van der Waals surface area contributed by atoms with Gasteiger partial charge in [-0.25, -0.2) is 4.68 Å². The molecule has 0 aliphatic heterocycles. The summed E-state index contributed by atoms with van der Waals surface area (Å²) in [4.78, 5) is 0. The van der Waals surface area contributed by atoms with E-state index in [9.17, 15) is 0 Å². The largest absolute Gasteiger partial charge is 0.312 e. The standard InChI is InChI=1S/C16H17BrN4/c1-10(18-3)16-11(2)21(20-19-16)15-7-5-12-8-14(17)6-4-13(12)9-15/h4-10,18H,1-3H3. The van der Waals surface area contributed by atoms with Gasteiger partial charge in [0.25, 0.3) is 0 Å². The van der Waals surface area contributed by atoms with Crippen LogP contribution in [0.2, 0.25) is 0 Å². The summed E-state index contributed by atoms with van der Waals surface area (Å²) in [7, 11) is 1.93. The predicted molar refractivity (Wildman–Crippen MR) is 88.8 cm³/mol. The van der Waals surface area contributed by atoms with E-state index in [-0.39, 0.29) is 6.04 Å². The first-order valence-corrected chi connectivity index (χ1v) is 7.68. The summed E-state index contributed by atoms with van der Waals surface area (Å²) in [6.45, 7) is 4.13. The van der Waals surface area contributed by atoms with Crippen molar-refractivity contribution in [2.24, 2.45) is 0 Å². The third kappa shape index (κ3) is 2.59. The fourth-order valence-electron chi connectivity index (χ4n) is 2.46. The predicted octanol–water partition coefficient (Wildman–Crippen LogP) is 3.77. The lowest BCUT2D eigenvalue weighted by atomic mass is 10.1. The van der Waals surface area contributed by atoms with Crippen molar-refractivity contribution in [1.29, 1.82) is 0 Å². The Hall–Kier alpha value is -1.72. The maximum atomic E-state index is 4.30. The summed E-state index contributed by atoms with van der Waals surface area (Å²) < 4.78 is 2.98. The van der Waals surface area contributed by atoms with E-state index >= 15 is 0 Å². The maximum Gasteiger partial charge on any atom is 0.103 e. The molecule has 0 saturated carbocycles. The van der Waals surface area contributed by atoms with Crippen molar-refractivity contribution in [1.82, 2.24) is 20.3 Å². The molecule has 4 nitrogen and oxygen atoms in total. The highest BCUT2D eigenvalue weighted by Crippen LogP contribution is 2.24. The van der Waals surface area contributed by atoms with Crippen LogP contribution in [0, 0.1) is 6.92 Å². The number of halogens is 1. The number of rotatable bonds is 3. The molecule has 0 fully saturated rings. The van der Waals surface area contributed by atoms with Gasteiger partial charge in [0.1, 0.15) is 5.69 Å². The summed E-state index contributed by atoms with van der Waals surface area (Å²) in [6.07, 6.45) is 0. The monoisotopic (exact) mass is 344 g/mol. The first-order chi connectivity index (χ1) is 10.1. The van der Waals surface area contributed by atoms with Crippen LogP contribution in [0.3, 0.4) is 0 Å². The Morgan fingerprint density at radius 3 is 2.62 bits per heavy atom. The number of hydrogen-bond donors (Lipinski definition) is 1. The highest BCUT2D eigenvalue weighted by molar-refractivity contribution is 9.10. The van der Waals surface area contributed by atoms with Crippen LogP contribution < -0.4 is 5.32 Å². The number of nitrogens with one attached hydrogen (secondary N) is 1. The van der Waals surface area contributed by atoms with Crippen LogP contribution in [-0.2, 0) is 0 Å². The average Bonchev–Trinajstić information content (AvgIpc) is 2.87. The molecule has 0 bridgehead atoms. The minimum atomic E-state index is 0.190. The number of benzene rings is 2. The van der Waals surface area contributed by atoms with Gasteiger partial charge in [-0.15, -0.1) is 5.10 Å². The number of hydrogen-bond acceptors (Lipinski definition) is 3. The molecule has 0 aliphatic rings. The summed E-state index contributed by atoms with van der Waals surface area (Å²) in [5.41, 5.74) is 3.08. The normalized spacial score (nSPS) is 12.8. The van der Waals surface area contributed by atoms with E-state index in [1.165, 1.54) is 10.8 Å². The molecule has 2 aromatic carbocycles. The minimum absolute atomic E-state index is 0.190. The Balaban J connectivity index is 2.08. The van der Waals surface area contributed by atoms with Crippen molar-refractivity contribution in [3.05, 3.63) is 52.3 Å². The smallest absolute Gasteiger partial charge is 0.103 e. The lowest BCUT2D eigenvalue weighted by molar-refractivity contribution is 0.627. The van der Waals surface area contributed by atoms with Crippen LogP contribution in [-0.4, -0.2) is 22.0 Å². The second kappa shape index (κ2) is 5.58. The zero-order valence-electron chi connectivity index (χ0n) is 12.3. The van der Waals surface area contributed by atoms with E-state index in [2.05, 4.69) is 81.8 Å². The number of fused-ring (bicyclic) bond motifs is 1. The second-order valence-electron chi connectivity index (χ2n) is 5.16. The Morgan fingerprint density at radius 1 is 1.14 bits per heavy atom. The summed E-state index contributed by atoms with van der Waals surface area (Å²) in [5.74, 6) is 0. The van der Waals surface area contributed by atoms with Crippen molar-refractivity contribution in [2.45, 2.75) is 19.9 Å². The molecule has 3 aromatic rings. The van der Waals surface area contributed by atoms with E-state index in [4.69, 9.17) is 0 Å². The van der Waals surface area contributed by atoms with Gasteiger partial charge in [0.2, 0.25) is 0 Å². The highest BCUT2D eigenvalue weighted by Gasteiger charge is 2.14. The van der Waals surface area contributed by atoms with E-state index < -0.39 is 0 Å². The molecule has 1 atom stereocenters. The van der Waals surface area contributed by atoms with Gasteiger partial charge in [-0.3, -0.25) is 0 Å². The van der Waals surface area contributed by atoms with Gasteiger partial charge >= 0.3 is 0 Å². The molecule has 0 spiro atoms. The minimum Gasteiger partial charge on any atom is -0.312 e. The summed E-state index contributed by atoms with van der Waals surface area (Å²) in [5, 5.41) is 14.2. The van der Waals surface area contributed by atoms with Crippen molar-refractivity contribution in [2.75, 3.05) is 7.05 Å². The maximum absolute atomic E-state index is 4.30. The van der Waals surface area contributed by atoms with Crippen LogP contribution in [0.1, 0.15) is 24.4 Å². The van der Waals surface area contributed by atoms with Crippen LogP contribution in [0.25, 0.3) is 16.5 Å². The zero-order chi connectivity index (χ0) is 15.0. The van der Waals surface area contributed by atoms with Gasteiger partial charge in [-0.05, 0) is 55.9 Å². The topological polar surface area (TPSA) is 42.7 Å². The SMILES string of the molecule is CNC(C)c1nnn(-c2ccc3cc(Br)ccc3c2)c1C. The first kappa shape index (κ1) is 14.2. The zero-order valence-corrected chi connectivity index (χ0v) is 13.8. The number of nitrogens with zero attached hydrogens (tertiary/aromatic N) is 3. The third-order valence-corrected chi connectivity index (χ3v) is 4.30. The Morgan fingerprint density at radius 2 is 1.86 bits per heavy atom. The van der Waals surface area contributed by atoms with E-state index in [0.717, 1.165) is 21.5 Å². The molecule has 1 heterocycles. The molecule has 5 heteroatoms. The van der Waals surface area contributed by atoms with Crippen LogP contribution in [0.4, 0.5) is 0 Å². The summed E-state index contributed by atoms with van der Waals surface area (Å²) >= 11 is 3.50. The van der Waals surface area contributed by atoms with Crippen molar-refractivity contribution in [3.8, 4) is 5.69 Å². The average molecular weight is 345 g/mol. The fourth-order valence-corrected chi connectivity index (χ4v) is 2.84. The quantitative estimate of drug-likeness (QED) is 0.786. The molecule has 1 unspecified atom stereocenters. The molecule has 3 rings (SSSR count). The Bertz CT molecular complexity index is 794. The van der Waals surface area contributed by atoms with Gasteiger partial charge in [-0.1, -0.05) is 33.3 Å². The van der Waals surface area contributed by atoms with E-state index in [0.29, 0.717) is 0 Å². The van der Waals surface area contributed by atoms with E-state index in [1.54, 1.807) is 0 Å². The van der Waals surface area contributed by atoms with Gasteiger partial charge in [-0.2, -0.15) is 0 Å². The van der Waals surface area contributed by atoms with Crippen molar-refractivity contribution in [3.63, 3.8) is 0 Å². The Kier molecular flexibility index (Phi) is 3.78. The molecule has 0 radical (unpaired) electrons. The van der Waals surface area contributed by atoms with Gasteiger partial charge in [0, 0.05) is 4.47 Å². The summed E-state index contributed by atoms with van der Waals surface area (Å²) in [6, 6.07) is 12.8. The number of aromatic nitrogens is 3. The van der Waals surface area contributed by atoms with Crippen LogP contribution >= 0.6 is 15.9 Å². The third-order valence-electron chi connectivity index (χ3n) is 3.80. The molecular formula is C16H17BrN4. The Labute approximate surface area is 132 Å². The second-order valence-corrected chi connectivity index (χ2v) is 6.07. The van der Waals surface area contributed by atoms with Crippen LogP contribution in [0.15, 0.2) is 40.9 Å². The van der Waals surface area contributed by atoms with Gasteiger partial charge in [0.05, 0.1) is 17.4 Å². The molecule has 1 N–H and O–H groups in total. The molecule has 0 saturated heterocycles. The van der Waals surface area contributed by atoms with Crippen molar-refractivity contribution < 1.29 is 0 Å². The molecule has 0 aliphatic carbocycles. The van der Waals surface area contributed by atoms with Crippen molar-refractivity contribution >= 4 is 26.7 Å². The molecule has 21 heavy (non-hydrogen) atoms.